The predicted octanol–water partition coefficient (Wildman–Crippen LogP) is 1.17. The Bertz CT molecular complexity index is 535. The van der Waals surface area contributed by atoms with Gasteiger partial charge in [-0.1, -0.05) is 18.2 Å². The summed E-state index contributed by atoms with van der Waals surface area (Å²) in [5.41, 5.74) is 1.12. The molecule has 2 N–H and O–H groups in total. The van der Waals surface area contributed by atoms with Crippen LogP contribution in [0.1, 0.15) is 18.4 Å². The first-order valence-corrected chi connectivity index (χ1v) is 6.57. The van der Waals surface area contributed by atoms with Crippen molar-refractivity contribution in [3.05, 3.63) is 29.8 Å². The molecular weight excluding hydrogens is 242 g/mol. The fourth-order valence-corrected chi connectivity index (χ4v) is 3.01. The van der Waals surface area contributed by atoms with Crippen LogP contribution in [0.5, 0.6) is 0 Å². The van der Waals surface area contributed by atoms with Crippen molar-refractivity contribution >= 4 is 17.6 Å². The SMILES string of the molecule is Cc1ccccc1N1C(=O)NC(=O)C12CCNCC2. The number of hydrogen-bond donors (Lipinski definition) is 2. The van der Waals surface area contributed by atoms with Crippen molar-refractivity contribution in [2.45, 2.75) is 25.3 Å². The van der Waals surface area contributed by atoms with Crippen LogP contribution in [0.4, 0.5) is 10.5 Å². The van der Waals surface area contributed by atoms with Gasteiger partial charge in [0.15, 0.2) is 0 Å². The number of aryl methyl sites for hydroxylation is 1. The van der Waals surface area contributed by atoms with Crippen LogP contribution in [0, 0.1) is 6.92 Å². The van der Waals surface area contributed by atoms with E-state index < -0.39 is 5.54 Å². The zero-order valence-electron chi connectivity index (χ0n) is 10.9. The fourth-order valence-electron chi connectivity index (χ4n) is 3.01. The second-order valence-corrected chi connectivity index (χ2v) is 5.16. The molecule has 2 heterocycles. The molecule has 3 rings (SSSR count). The maximum absolute atomic E-state index is 12.3. The fraction of sp³-hybridized carbons (Fsp3) is 0.429. The van der Waals surface area contributed by atoms with Crippen LogP contribution in [-0.4, -0.2) is 30.6 Å². The minimum absolute atomic E-state index is 0.165. The van der Waals surface area contributed by atoms with E-state index in [9.17, 15) is 9.59 Å². The standard InChI is InChI=1S/C14H17N3O2/c1-10-4-2-3-5-11(10)17-13(19)16-12(18)14(17)6-8-15-9-7-14/h2-5,15H,6-9H2,1H3,(H,16,18,19). The summed E-state index contributed by atoms with van der Waals surface area (Å²) in [7, 11) is 0. The Kier molecular flexibility index (Phi) is 2.78. The number of amides is 3. The molecule has 2 aliphatic heterocycles. The number of nitrogens with zero attached hydrogens (tertiary/aromatic N) is 1. The van der Waals surface area contributed by atoms with Gasteiger partial charge in [-0.3, -0.25) is 15.0 Å². The molecular formula is C14H17N3O2. The van der Waals surface area contributed by atoms with Crippen LogP contribution in [0.25, 0.3) is 0 Å². The summed E-state index contributed by atoms with van der Waals surface area (Å²) in [6.45, 7) is 3.46. The number of hydrogen-bond acceptors (Lipinski definition) is 3. The largest absolute Gasteiger partial charge is 0.329 e. The highest BCUT2D eigenvalue weighted by molar-refractivity contribution is 6.17. The van der Waals surface area contributed by atoms with Crippen molar-refractivity contribution < 1.29 is 9.59 Å². The summed E-state index contributed by atoms with van der Waals surface area (Å²) < 4.78 is 0. The van der Waals surface area contributed by atoms with Crippen molar-refractivity contribution in [3.63, 3.8) is 0 Å². The number of urea groups is 1. The predicted molar refractivity (Wildman–Crippen MR) is 72.0 cm³/mol. The lowest BCUT2D eigenvalue weighted by Gasteiger charge is -2.39. The number of para-hydroxylation sites is 1. The molecule has 0 unspecified atom stereocenters. The van der Waals surface area contributed by atoms with Crippen LogP contribution >= 0.6 is 0 Å². The first-order chi connectivity index (χ1) is 9.15. The highest BCUT2D eigenvalue weighted by Crippen LogP contribution is 2.36. The van der Waals surface area contributed by atoms with Gasteiger partial charge in [0.1, 0.15) is 5.54 Å². The van der Waals surface area contributed by atoms with Gasteiger partial charge in [0.2, 0.25) is 0 Å². The summed E-state index contributed by atoms with van der Waals surface area (Å²) in [6, 6.07) is 7.38. The van der Waals surface area contributed by atoms with Crippen LogP contribution in [-0.2, 0) is 4.79 Å². The average Bonchev–Trinajstić information content (AvgIpc) is 2.63. The molecule has 2 fully saturated rings. The molecule has 0 aromatic heterocycles. The molecule has 2 saturated heterocycles. The summed E-state index contributed by atoms with van der Waals surface area (Å²) in [5, 5.41) is 5.71. The van der Waals surface area contributed by atoms with Gasteiger partial charge in [-0.05, 0) is 44.5 Å². The summed E-state index contributed by atoms with van der Waals surface area (Å²) in [5.74, 6) is -0.165. The number of piperidine rings is 1. The maximum Gasteiger partial charge on any atom is 0.329 e. The first kappa shape index (κ1) is 12.2. The number of anilines is 1. The third kappa shape index (κ3) is 1.73. The zero-order valence-corrected chi connectivity index (χ0v) is 10.9. The van der Waals surface area contributed by atoms with E-state index in [0.717, 1.165) is 24.3 Å². The lowest BCUT2D eigenvalue weighted by atomic mass is 9.86. The Labute approximate surface area is 112 Å². The smallest absolute Gasteiger partial charge is 0.317 e. The zero-order chi connectivity index (χ0) is 13.5. The van der Waals surface area contributed by atoms with Crippen LogP contribution in [0.3, 0.4) is 0 Å². The molecule has 0 bridgehead atoms. The van der Waals surface area contributed by atoms with Gasteiger partial charge in [-0.2, -0.15) is 0 Å². The number of benzene rings is 1. The third-order valence-corrected chi connectivity index (χ3v) is 4.06. The van der Waals surface area contributed by atoms with Gasteiger partial charge in [-0.15, -0.1) is 0 Å². The minimum atomic E-state index is -0.714. The van der Waals surface area contributed by atoms with E-state index in [1.54, 1.807) is 4.90 Å². The molecule has 1 aromatic rings. The average molecular weight is 259 g/mol. The molecule has 1 spiro atoms. The molecule has 5 nitrogen and oxygen atoms in total. The summed E-state index contributed by atoms with van der Waals surface area (Å²) in [6.07, 6.45) is 1.30. The quantitative estimate of drug-likeness (QED) is 0.744. The van der Waals surface area contributed by atoms with Crippen molar-refractivity contribution in [2.24, 2.45) is 0 Å². The number of nitrogens with one attached hydrogen (secondary N) is 2. The second kappa shape index (κ2) is 4.35. The normalized spacial score (nSPS) is 21.8. The molecule has 5 heteroatoms. The maximum atomic E-state index is 12.3. The molecule has 0 atom stereocenters. The Morgan fingerprint density at radius 2 is 1.84 bits per heavy atom. The van der Waals surface area contributed by atoms with E-state index in [4.69, 9.17) is 0 Å². The number of rotatable bonds is 1. The molecule has 100 valence electrons. The van der Waals surface area contributed by atoms with Gasteiger partial charge in [0.25, 0.3) is 5.91 Å². The minimum Gasteiger partial charge on any atom is -0.317 e. The lowest BCUT2D eigenvalue weighted by molar-refractivity contribution is -0.124. The van der Waals surface area contributed by atoms with Gasteiger partial charge in [0, 0.05) is 5.69 Å². The Balaban J connectivity index is 2.09. The van der Waals surface area contributed by atoms with E-state index in [0.29, 0.717) is 12.8 Å². The van der Waals surface area contributed by atoms with Gasteiger partial charge in [-0.25, -0.2) is 4.79 Å². The highest BCUT2D eigenvalue weighted by Gasteiger charge is 2.53. The molecule has 19 heavy (non-hydrogen) atoms. The van der Waals surface area contributed by atoms with E-state index in [-0.39, 0.29) is 11.9 Å². The van der Waals surface area contributed by atoms with Gasteiger partial charge in [0.05, 0.1) is 0 Å². The summed E-state index contributed by atoms with van der Waals surface area (Å²) >= 11 is 0. The molecule has 0 aliphatic carbocycles. The van der Waals surface area contributed by atoms with Gasteiger partial charge >= 0.3 is 6.03 Å². The molecule has 0 saturated carbocycles. The Morgan fingerprint density at radius 3 is 2.53 bits per heavy atom. The number of carbonyl (C=O) groups is 2. The van der Waals surface area contributed by atoms with Crippen LogP contribution in [0.15, 0.2) is 24.3 Å². The second-order valence-electron chi connectivity index (χ2n) is 5.16. The number of carbonyl (C=O) groups excluding carboxylic acids is 2. The van der Waals surface area contributed by atoms with Crippen molar-refractivity contribution in [1.29, 1.82) is 0 Å². The van der Waals surface area contributed by atoms with Crippen molar-refractivity contribution in [3.8, 4) is 0 Å². The third-order valence-electron chi connectivity index (χ3n) is 4.06. The lowest BCUT2D eigenvalue weighted by Crippen LogP contribution is -2.56. The number of imide groups is 1. The van der Waals surface area contributed by atoms with E-state index in [1.165, 1.54) is 0 Å². The molecule has 2 aliphatic rings. The van der Waals surface area contributed by atoms with E-state index >= 15 is 0 Å². The molecule has 0 radical (unpaired) electrons. The van der Waals surface area contributed by atoms with Gasteiger partial charge < -0.3 is 5.32 Å². The highest BCUT2D eigenvalue weighted by atomic mass is 16.2. The molecule has 1 aromatic carbocycles. The van der Waals surface area contributed by atoms with Crippen LogP contribution in [0.2, 0.25) is 0 Å². The Hall–Kier alpha value is -1.88. The topological polar surface area (TPSA) is 61.4 Å². The van der Waals surface area contributed by atoms with Crippen LogP contribution < -0.4 is 15.5 Å². The van der Waals surface area contributed by atoms with E-state index in [2.05, 4.69) is 10.6 Å². The summed E-state index contributed by atoms with van der Waals surface area (Å²) in [4.78, 5) is 26.1. The molecule has 3 amide bonds. The first-order valence-electron chi connectivity index (χ1n) is 6.57. The Morgan fingerprint density at radius 1 is 1.16 bits per heavy atom. The van der Waals surface area contributed by atoms with E-state index in [1.807, 2.05) is 31.2 Å². The van der Waals surface area contributed by atoms with Crippen molar-refractivity contribution in [2.75, 3.05) is 18.0 Å². The monoisotopic (exact) mass is 259 g/mol. The van der Waals surface area contributed by atoms with Crippen molar-refractivity contribution in [1.82, 2.24) is 10.6 Å².